The van der Waals surface area contributed by atoms with E-state index in [2.05, 4.69) is 5.32 Å². The highest BCUT2D eigenvalue weighted by Crippen LogP contribution is 2.20. The van der Waals surface area contributed by atoms with Crippen LogP contribution in [0.3, 0.4) is 0 Å². The summed E-state index contributed by atoms with van der Waals surface area (Å²) < 4.78 is 10.8. The molecule has 0 aliphatic carbocycles. The molecule has 0 amide bonds. The Balaban J connectivity index is 1.73. The molecule has 114 valence electrons. The van der Waals surface area contributed by atoms with Crippen LogP contribution in [0.15, 0.2) is 42.5 Å². The van der Waals surface area contributed by atoms with Crippen LogP contribution in [0.5, 0.6) is 5.75 Å². The summed E-state index contributed by atoms with van der Waals surface area (Å²) in [5.41, 5.74) is 2.41. The van der Waals surface area contributed by atoms with Gasteiger partial charge >= 0.3 is 0 Å². The Hall–Kier alpha value is -2.22. The molecule has 5 heteroatoms. The van der Waals surface area contributed by atoms with Gasteiger partial charge in [0.05, 0.1) is 30.9 Å². The zero-order valence-electron chi connectivity index (χ0n) is 12.3. The first kappa shape index (κ1) is 16.2. The number of nitrogens with one attached hydrogen (secondary N) is 1. The van der Waals surface area contributed by atoms with E-state index in [0.29, 0.717) is 30.3 Å². The maximum Gasteiger partial charge on any atom is 0.119 e. The Morgan fingerprint density at radius 3 is 2.82 bits per heavy atom. The van der Waals surface area contributed by atoms with Gasteiger partial charge in [0, 0.05) is 12.2 Å². The molecular formula is C17H17ClN2O2. The molecule has 0 spiro atoms. The highest BCUT2D eigenvalue weighted by Gasteiger charge is 2.01. The Morgan fingerprint density at radius 2 is 2.09 bits per heavy atom. The minimum Gasteiger partial charge on any atom is -0.497 e. The standard InChI is InChI=1S/C17H17ClN2O2/c1-21-16-4-2-3-13(9-16)12-22-8-7-20-15-6-5-14(11-19)17(18)10-15/h2-6,9-10,20H,7-8,12H2,1H3. The van der Waals surface area contributed by atoms with Crippen molar-refractivity contribution in [3.63, 3.8) is 0 Å². The molecule has 0 heterocycles. The molecule has 1 N–H and O–H groups in total. The van der Waals surface area contributed by atoms with E-state index in [1.54, 1.807) is 19.2 Å². The molecule has 0 saturated carbocycles. The van der Waals surface area contributed by atoms with Gasteiger partial charge in [0.2, 0.25) is 0 Å². The second kappa shape index (κ2) is 8.28. The Labute approximate surface area is 135 Å². The van der Waals surface area contributed by atoms with E-state index in [4.69, 9.17) is 26.3 Å². The van der Waals surface area contributed by atoms with Crippen molar-refractivity contribution in [2.45, 2.75) is 6.61 Å². The maximum atomic E-state index is 8.82. The van der Waals surface area contributed by atoms with Gasteiger partial charge in [-0.3, -0.25) is 0 Å². The zero-order chi connectivity index (χ0) is 15.8. The lowest BCUT2D eigenvalue weighted by molar-refractivity contribution is 0.130. The first-order valence-corrected chi connectivity index (χ1v) is 7.25. The summed E-state index contributed by atoms with van der Waals surface area (Å²) in [6, 6.07) is 15.1. The highest BCUT2D eigenvalue weighted by atomic mass is 35.5. The molecule has 0 atom stereocenters. The molecule has 0 aliphatic heterocycles. The zero-order valence-corrected chi connectivity index (χ0v) is 13.1. The highest BCUT2D eigenvalue weighted by molar-refractivity contribution is 6.32. The van der Waals surface area contributed by atoms with Crippen LogP contribution in [-0.2, 0) is 11.3 Å². The van der Waals surface area contributed by atoms with E-state index in [-0.39, 0.29) is 0 Å². The van der Waals surface area contributed by atoms with Crippen LogP contribution in [0.4, 0.5) is 5.69 Å². The van der Waals surface area contributed by atoms with Crippen molar-refractivity contribution in [3.8, 4) is 11.8 Å². The van der Waals surface area contributed by atoms with E-state index in [1.807, 2.05) is 36.4 Å². The molecule has 0 unspecified atom stereocenters. The predicted molar refractivity (Wildman–Crippen MR) is 87.3 cm³/mol. The second-order valence-corrected chi connectivity index (χ2v) is 5.04. The minimum atomic E-state index is 0.449. The second-order valence-electron chi connectivity index (χ2n) is 4.64. The van der Waals surface area contributed by atoms with Gasteiger partial charge in [-0.05, 0) is 35.9 Å². The summed E-state index contributed by atoms with van der Waals surface area (Å²) in [4.78, 5) is 0. The van der Waals surface area contributed by atoms with Crippen molar-refractivity contribution in [2.24, 2.45) is 0 Å². The van der Waals surface area contributed by atoms with Crippen LogP contribution in [0.1, 0.15) is 11.1 Å². The molecule has 22 heavy (non-hydrogen) atoms. The lowest BCUT2D eigenvalue weighted by atomic mass is 10.2. The number of halogens is 1. The third kappa shape index (κ3) is 4.66. The number of nitriles is 1. The Kier molecular flexibility index (Phi) is 6.08. The Bertz CT molecular complexity index is 668. The van der Waals surface area contributed by atoms with E-state index in [9.17, 15) is 0 Å². The quantitative estimate of drug-likeness (QED) is 0.788. The van der Waals surface area contributed by atoms with Crippen molar-refractivity contribution >= 4 is 17.3 Å². The number of benzene rings is 2. The number of methoxy groups -OCH3 is 1. The number of rotatable bonds is 7. The molecule has 0 saturated heterocycles. The smallest absolute Gasteiger partial charge is 0.119 e. The van der Waals surface area contributed by atoms with E-state index >= 15 is 0 Å². The lowest BCUT2D eigenvalue weighted by Crippen LogP contribution is -2.09. The monoisotopic (exact) mass is 316 g/mol. The molecule has 2 aromatic rings. The maximum absolute atomic E-state index is 8.82. The van der Waals surface area contributed by atoms with Crippen molar-refractivity contribution in [1.82, 2.24) is 0 Å². The number of anilines is 1. The number of nitrogens with zero attached hydrogens (tertiary/aromatic N) is 1. The number of hydrogen-bond donors (Lipinski definition) is 1. The molecule has 0 aromatic heterocycles. The average Bonchev–Trinajstić information content (AvgIpc) is 2.55. The van der Waals surface area contributed by atoms with Crippen LogP contribution < -0.4 is 10.1 Å². The van der Waals surface area contributed by atoms with Gasteiger partial charge in [0.1, 0.15) is 11.8 Å². The van der Waals surface area contributed by atoms with E-state index in [1.165, 1.54) is 0 Å². The molecule has 4 nitrogen and oxygen atoms in total. The average molecular weight is 317 g/mol. The van der Waals surface area contributed by atoms with E-state index in [0.717, 1.165) is 17.0 Å². The van der Waals surface area contributed by atoms with Gasteiger partial charge in [-0.2, -0.15) is 5.26 Å². The van der Waals surface area contributed by atoms with Gasteiger partial charge < -0.3 is 14.8 Å². The summed E-state index contributed by atoms with van der Waals surface area (Å²) in [7, 11) is 1.65. The van der Waals surface area contributed by atoms with Crippen molar-refractivity contribution in [3.05, 3.63) is 58.6 Å². The number of ether oxygens (including phenoxy) is 2. The first-order chi connectivity index (χ1) is 10.7. The minimum absolute atomic E-state index is 0.449. The van der Waals surface area contributed by atoms with Gasteiger partial charge in [-0.1, -0.05) is 23.7 Å². The fourth-order valence-electron chi connectivity index (χ4n) is 1.94. The van der Waals surface area contributed by atoms with Crippen LogP contribution in [-0.4, -0.2) is 20.3 Å². The molecular weight excluding hydrogens is 300 g/mol. The molecule has 0 fully saturated rings. The number of hydrogen-bond acceptors (Lipinski definition) is 4. The summed E-state index contributed by atoms with van der Waals surface area (Å²) in [6.45, 7) is 1.76. The SMILES string of the molecule is COc1cccc(COCCNc2ccc(C#N)c(Cl)c2)c1. The normalized spacial score (nSPS) is 10.0. The summed E-state index contributed by atoms with van der Waals surface area (Å²) >= 11 is 5.97. The van der Waals surface area contributed by atoms with Gasteiger partial charge in [-0.25, -0.2) is 0 Å². The molecule has 2 rings (SSSR count). The van der Waals surface area contributed by atoms with Crippen molar-refractivity contribution in [2.75, 3.05) is 25.6 Å². The van der Waals surface area contributed by atoms with Crippen LogP contribution >= 0.6 is 11.6 Å². The topological polar surface area (TPSA) is 54.3 Å². The third-order valence-corrected chi connectivity index (χ3v) is 3.38. The van der Waals surface area contributed by atoms with Crippen molar-refractivity contribution in [1.29, 1.82) is 5.26 Å². The largest absolute Gasteiger partial charge is 0.497 e. The third-order valence-electron chi connectivity index (χ3n) is 3.07. The Morgan fingerprint density at radius 1 is 1.23 bits per heavy atom. The first-order valence-electron chi connectivity index (χ1n) is 6.87. The summed E-state index contributed by atoms with van der Waals surface area (Å²) in [5, 5.41) is 12.5. The fourth-order valence-corrected chi connectivity index (χ4v) is 2.16. The van der Waals surface area contributed by atoms with Gasteiger partial charge in [0.25, 0.3) is 0 Å². The van der Waals surface area contributed by atoms with Crippen molar-refractivity contribution < 1.29 is 9.47 Å². The lowest BCUT2D eigenvalue weighted by Gasteiger charge is -2.09. The summed E-state index contributed by atoms with van der Waals surface area (Å²) in [6.07, 6.45) is 0. The summed E-state index contributed by atoms with van der Waals surface area (Å²) in [5.74, 6) is 0.825. The molecule has 0 radical (unpaired) electrons. The van der Waals surface area contributed by atoms with Crippen LogP contribution in [0.2, 0.25) is 5.02 Å². The van der Waals surface area contributed by atoms with Gasteiger partial charge in [0.15, 0.2) is 0 Å². The van der Waals surface area contributed by atoms with Crippen LogP contribution in [0.25, 0.3) is 0 Å². The predicted octanol–water partition coefficient (Wildman–Crippen LogP) is 3.85. The molecule has 0 aliphatic rings. The van der Waals surface area contributed by atoms with E-state index < -0.39 is 0 Å². The van der Waals surface area contributed by atoms with Gasteiger partial charge in [-0.15, -0.1) is 0 Å². The molecule has 0 bridgehead atoms. The molecule has 2 aromatic carbocycles. The fraction of sp³-hybridized carbons (Fsp3) is 0.235. The van der Waals surface area contributed by atoms with Crippen LogP contribution in [0, 0.1) is 11.3 Å².